The summed E-state index contributed by atoms with van der Waals surface area (Å²) in [7, 11) is 4.16. The lowest BCUT2D eigenvalue weighted by Crippen LogP contribution is -2.13. The Hall–Kier alpha value is -1.61. The SMILES string of the molecule is CN(C)Cc1n[nH]c2c1CCc1ccccc1-2. The van der Waals surface area contributed by atoms with Crippen LogP contribution in [0.3, 0.4) is 0 Å². The number of nitrogens with one attached hydrogen (secondary N) is 1. The minimum Gasteiger partial charge on any atom is -0.303 e. The fraction of sp³-hybridized carbons (Fsp3) is 0.357. The Labute approximate surface area is 101 Å². The maximum atomic E-state index is 4.47. The molecule has 88 valence electrons. The second-order valence-electron chi connectivity index (χ2n) is 4.92. The number of aryl methyl sites for hydroxylation is 1. The third-order valence-corrected chi connectivity index (χ3v) is 3.35. The van der Waals surface area contributed by atoms with E-state index in [1.807, 2.05) is 0 Å². The fourth-order valence-electron chi connectivity index (χ4n) is 2.57. The molecule has 3 rings (SSSR count). The molecule has 0 spiro atoms. The van der Waals surface area contributed by atoms with Crippen LogP contribution in [0.2, 0.25) is 0 Å². The number of rotatable bonds is 2. The van der Waals surface area contributed by atoms with Crippen molar-refractivity contribution < 1.29 is 0 Å². The highest BCUT2D eigenvalue weighted by atomic mass is 15.2. The molecule has 0 atom stereocenters. The van der Waals surface area contributed by atoms with E-state index in [1.165, 1.54) is 28.1 Å². The van der Waals surface area contributed by atoms with E-state index in [-0.39, 0.29) is 0 Å². The summed E-state index contributed by atoms with van der Waals surface area (Å²) in [5, 5.41) is 7.68. The summed E-state index contributed by atoms with van der Waals surface area (Å²) < 4.78 is 0. The normalized spacial score (nSPS) is 13.6. The van der Waals surface area contributed by atoms with Gasteiger partial charge in [-0.25, -0.2) is 0 Å². The maximum absolute atomic E-state index is 4.47. The predicted molar refractivity (Wildman–Crippen MR) is 68.8 cm³/mol. The lowest BCUT2D eigenvalue weighted by atomic mass is 9.89. The van der Waals surface area contributed by atoms with E-state index in [2.05, 4.69) is 53.5 Å². The van der Waals surface area contributed by atoms with Crippen LogP contribution in [-0.4, -0.2) is 29.2 Å². The second kappa shape index (κ2) is 4.00. The first-order chi connectivity index (χ1) is 8.25. The number of fused-ring (bicyclic) bond motifs is 3. The Kier molecular flexibility index (Phi) is 2.48. The first-order valence-corrected chi connectivity index (χ1v) is 6.05. The van der Waals surface area contributed by atoms with E-state index < -0.39 is 0 Å². The second-order valence-corrected chi connectivity index (χ2v) is 4.92. The van der Waals surface area contributed by atoms with Crippen LogP contribution >= 0.6 is 0 Å². The van der Waals surface area contributed by atoms with Crippen LogP contribution in [0.4, 0.5) is 0 Å². The molecule has 0 radical (unpaired) electrons. The molecule has 2 aromatic rings. The minimum absolute atomic E-state index is 0.911. The third-order valence-electron chi connectivity index (χ3n) is 3.35. The molecule has 0 aliphatic heterocycles. The van der Waals surface area contributed by atoms with E-state index in [0.717, 1.165) is 19.4 Å². The molecule has 0 bridgehead atoms. The van der Waals surface area contributed by atoms with E-state index in [0.29, 0.717) is 0 Å². The number of hydrogen-bond acceptors (Lipinski definition) is 2. The Bertz CT molecular complexity index is 540. The lowest BCUT2D eigenvalue weighted by molar-refractivity contribution is 0.395. The summed E-state index contributed by atoms with van der Waals surface area (Å²) >= 11 is 0. The molecule has 3 nitrogen and oxygen atoms in total. The Morgan fingerprint density at radius 3 is 2.88 bits per heavy atom. The van der Waals surface area contributed by atoms with Gasteiger partial charge in [0.1, 0.15) is 0 Å². The topological polar surface area (TPSA) is 31.9 Å². The van der Waals surface area contributed by atoms with E-state index in [1.54, 1.807) is 0 Å². The number of nitrogens with zero attached hydrogens (tertiary/aromatic N) is 2. The van der Waals surface area contributed by atoms with Crippen molar-refractivity contribution in [2.45, 2.75) is 19.4 Å². The van der Waals surface area contributed by atoms with Gasteiger partial charge in [-0.1, -0.05) is 24.3 Å². The van der Waals surface area contributed by atoms with Gasteiger partial charge in [-0.15, -0.1) is 0 Å². The van der Waals surface area contributed by atoms with Crippen molar-refractivity contribution in [1.29, 1.82) is 0 Å². The van der Waals surface area contributed by atoms with Gasteiger partial charge in [-0.05, 0) is 32.5 Å². The van der Waals surface area contributed by atoms with Gasteiger partial charge in [0.2, 0.25) is 0 Å². The highest BCUT2D eigenvalue weighted by Gasteiger charge is 2.21. The summed E-state index contributed by atoms with van der Waals surface area (Å²) in [6, 6.07) is 8.61. The zero-order chi connectivity index (χ0) is 11.8. The Morgan fingerprint density at radius 1 is 1.24 bits per heavy atom. The highest BCUT2D eigenvalue weighted by molar-refractivity contribution is 5.70. The van der Waals surface area contributed by atoms with Gasteiger partial charge in [-0.3, -0.25) is 5.10 Å². The predicted octanol–water partition coefficient (Wildman–Crippen LogP) is 2.24. The summed E-state index contributed by atoms with van der Waals surface area (Å²) in [6.07, 6.45) is 2.23. The van der Waals surface area contributed by atoms with Gasteiger partial charge in [-0.2, -0.15) is 5.10 Å². The van der Waals surface area contributed by atoms with Gasteiger partial charge >= 0.3 is 0 Å². The maximum Gasteiger partial charge on any atom is 0.0800 e. The van der Waals surface area contributed by atoms with E-state index in [9.17, 15) is 0 Å². The van der Waals surface area contributed by atoms with Crippen molar-refractivity contribution in [3.63, 3.8) is 0 Å². The summed E-state index contributed by atoms with van der Waals surface area (Å²) in [6.45, 7) is 0.911. The minimum atomic E-state index is 0.911. The van der Waals surface area contributed by atoms with Gasteiger partial charge in [0.25, 0.3) is 0 Å². The molecule has 17 heavy (non-hydrogen) atoms. The van der Waals surface area contributed by atoms with Crippen LogP contribution in [0.5, 0.6) is 0 Å². The van der Waals surface area contributed by atoms with Crippen LogP contribution in [0, 0.1) is 0 Å². The molecule has 3 heteroatoms. The third kappa shape index (κ3) is 1.76. The largest absolute Gasteiger partial charge is 0.303 e. The number of hydrogen-bond donors (Lipinski definition) is 1. The molecule has 0 unspecified atom stereocenters. The van der Waals surface area contributed by atoms with Gasteiger partial charge in [0.05, 0.1) is 11.4 Å². The zero-order valence-electron chi connectivity index (χ0n) is 10.3. The Balaban J connectivity index is 2.07. The molecule has 0 fully saturated rings. The molecule has 1 heterocycles. The average Bonchev–Trinajstić information content (AvgIpc) is 2.72. The molecule has 1 aliphatic rings. The molecule has 1 N–H and O–H groups in total. The summed E-state index contributed by atoms with van der Waals surface area (Å²) in [5.74, 6) is 0. The fourth-order valence-corrected chi connectivity index (χ4v) is 2.57. The number of aromatic amines is 1. The monoisotopic (exact) mass is 227 g/mol. The van der Waals surface area contributed by atoms with Crippen molar-refractivity contribution >= 4 is 0 Å². The van der Waals surface area contributed by atoms with Crippen molar-refractivity contribution in [2.75, 3.05) is 14.1 Å². The van der Waals surface area contributed by atoms with Crippen molar-refractivity contribution in [1.82, 2.24) is 15.1 Å². The van der Waals surface area contributed by atoms with Crippen molar-refractivity contribution in [2.24, 2.45) is 0 Å². The van der Waals surface area contributed by atoms with Crippen LogP contribution in [0.25, 0.3) is 11.3 Å². The van der Waals surface area contributed by atoms with Crippen LogP contribution in [0.1, 0.15) is 16.8 Å². The Morgan fingerprint density at radius 2 is 2.06 bits per heavy atom. The van der Waals surface area contributed by atoms with Gasteiger partial charge in [0, 0.05) is 17.7 Å². The average molecular weight is 227 g/mol. The van der Waals surface area contributed by atoms with Crippen molar-refractivity contribution in [3.8, 4) is 11.3 Å². The van der Waals surface area contributed by atoms with Crippen LogP contribution in [0.15, 0.2) is 24.3 Å². The molecule has 0 saturated carbocycles. The molecule has 1 aliphatic carbocycles. The van der Waals surface area contributed by atoms with Gasteiger partial charge < -0.3 is 4.90 Å². The van der Waals surface area contributed by atoms with Crippen LogP contribution < -0.4 is 0 Å². The molecule has 1 aromatic heterocycles. The van der Waals surface area contributed by atoms with Crippen molar-refractivity contribution in [3.05, 3.63) is 41.1 Å². The summed E-state index contributed by atoms with van der Waals surface area (Å²) in [4.78, 5) is 2.16. The van der Waals surface area contributed by atoms with E-state index >= 15 is 0 Å². The standard InChI is InChI=1S/C14H17N3/c1-17(2)9-13-12-8-7-10-5-3-4-6-11(10)14(12)16-15-13/h3-6H,7-9H2,1-2H3,(H,15,16). The van der Waals surface area contributed by atoms with Crippen LogP contribution in [-0.2, 0) is 19.4 Å². The van der Waals surface area contributed by atoms with E-state index in [4.69, 9.17) is 0 Å². The number of aromatic nitrogens is 2. The zero-order valence-corrected chi connectivity index (χ0v) is 10.3. The quantitative estimate of drug-likeness (QED) is 0.853. The van der Waals surface area contributed by atoms with Gasteiger partial charge in [0.15, 0.2) is 0 Å². The number of benzene rings is 1. The highest BCUT2D eigenvalue weighted by Crippen LogP contribution is 2.33. The first-order valence-electron chi connectivity index (χ1n) is 6.05. The summed E-state index contributed by atoms with van der Waals surface area (Å²) in [5.41, 5.74) is 6.58. The smallest absolute Gasteiger partial charge is 0.0800 e. The molecule has 1 aromatic carbocycles. The first kappa shape index (κ1) is 10.5. The lowest BCUT2D eigenvalue weighted by Gasteiger charge is -2.17. The molecular formula is C14H17N3. The molecule has 0 saturated heterocycles. The molecular weight excluding hydrogens is 210 g/mol. The molecule has 0 amide bonds. The number of H-pyrrole nitrogens is 1.